The Kier molecular flexibility index (Phi) is 8.02. The van der Waals surface area contributed by atoms with E-state index in [0.717, 1.165) is 37.7 Å². The summed E-state index contributed by atoms with van der Waals surface area (Å²) in [7, 11) is 2.05. The summed E-state index contributed by atoms with van der Waals surface area (Å²) in [5.74, 6) is 0. The van der Waals surface area contributed by atoms with Crippen LogP contribution in [0.3, 0.4) is 0 Å². The van der Waals surface area contributed by atoms with Gasteiger partial charge in [0.15, 0.2) is 5.11 Å². The van der Waals surface area contributed by atoms with Gasteiger partial charge in [-0.15, -0.1) is 11.3 Å². The van der Waals surface area contributed by atoms with Crippen LogP contribution in [-0.2, 0) is 11.2 Å². The van der Waals surface area contributed by atoms with Crippen LogP contribution in [-0.4, -0.2) is 42.9 Å². The van der Waals surface area contributed by atoms with Crippen molar-refractivity contribution in [3.63, 3.8) is 0 Å². The molecule has 0 aliphatic heterocycles. The second-order valence-corrected chi connectivity index (χ2v) is 5.94. The van der Waals surface area contributed by atoms with Gasteiger partial charge in [0.1, 0.15) is 0 Å². The molecule has 0 amide bonds. The number of ether oxygens (including phenoxy) is 1. The van der Waals surface area contributed by atoms with E-state index in [9.17, 15) is 0 Å². The predicted octanol–water partition coefficient (Wildman–Crippen LogP) is 2.91. The van der Waals surface area contributed by atoms with E-state index in [1.54, 1.807) is 11.3 Å². The second-order valence-electron chi connectivity index (χ2n) is 4.53. The van der Waals surface area contributed by atoms with Crippen LogP contribution in [0.4, 0.5) is 0 Å². The summed E-state index contributed by atoms with van der Waals surface area (Å²) in [6.45, 7) is 6.66. The Morgan fingerprint density at radius 3 is 3.00 bits per heavy atom. The number of nitrogens with zero attached hydrogens (tertiary/aromatic N) is 1. The lowest BCUT2D eigenvalue weighted by atomic mass is 10.2. The van der Waals surface area contributed by atoms with Crippen molar-refractivity contribution in [1.29, 1.82) is 0 Å². The summed E-state index contributed by atoms with van der Waals surface area (Å²) < 4.78 is 5.30. The zero-order valence-electron chi connectivity index (χ0n) is 12.0. The van der Waals surface area contributed by atoms with Crippen molar-refractivity contribution in [3.8, 4) is 0 Å². The summed E-state index contributed by atoms with van der Waals surface area (Å²) in [6, 6.07) is 4.68. The van der Waals surface area contributed by atoms with Gasteiger partial charge < -0.3 is 15.0 Å². The molecule has 1 N–H and O–H groups in total. The van der Waals surface area contributed by atoms with Gasteiger partial charge in [-0.3, -0.25) is 0 Å². The third-order valence-electron chi connectivity index (χ3n) is 3.00. The highest BCUT2D eigenvalue weighted by molar-refractivity contribution is 7.80. The van der Waals surface area contributed by atoms with Crippen molar-refractivity contribution < 1.29 is 4.74 Å². The monoisotopic (exact) mass is 300 g/mol. The van der Waals surface area contributed by atoms with Gasteiger partial charge in [0.25, 0.3) is 0 Å². The third kappa shape index (κ3) is 6.36. The van der Waals surface area contributed by atoms with Crippen LogP contribution in [0.15, 0.2) is 17.5 Å². The Balaban J connectivity index is 2.23. The van der Waals surface area contributed by atoms with Crippen LogP contribution in [0.1, 0.15) is 25.1 Å². The van der Waals surface area contributed by atoms with Crippen molar-refractivity contribution >= 4 is 28.7 Å². The minimum Gasteiger partial charge on any atom is -0.382 e. The van der Waals surface area contributed by atoms with Crippen molar-refractivity contribution in [3.05, 3.63) is 22.4 Å². The molecule has 1 heterocycles. The van der Waals surface area contributed by atoms with Gasteiger partial charge in [-0.25, -0.2) is 0 Å². The molecule has 0 spiro atoms. The maximum Gasteiger partial charge on any atom is 0.168 e. The maximum atomic E-state index is 5.40. The van der Waals surface area contributed by atoms with E-state index in [2.05, 4.69) is 41.7 Å². The fourth-order valence-electron chi connectivity index (χ4n) is 1.70. The minimum absolute atomic E-state index is 0.408. The fraction of sp³-hybridized carbons (Fsp3) is 0.643. The molecule has 5 heteroatoms. The van der Waals surface area contributed by atoms with Crippen molar-refractivity contribution in [2.45, 2.75) is 32.7 Å². The molecule has 1 unspecified atom stereocenters. The summed E-state index contributed by atoms with van der Waals surface area (Å²) in [5.41, 5.74) is 0. The highest BCUT2D eigenvalue weighted by Crippen LogP contribution is 2.13. The Bertz CT molecular complexity index is 354. The summed E-state index contributed by atoms with van der Waals surface area (Å²) >= 11 is 7.20. The van der Waals surface area contributed by atoms with Crippen LogP contribution >= 0.6 is 23.6 Å². The largest absolute Gasteiger partial charge is 0.382 e. The summed E-state index contributed by atoms with van der Waals surface area (Å²) in [5, 5.41) is 6.22. The number of hydrogen-bond donors (Lipinski definition) is 1. The van der Waals surface area contributed by atoms with Gasteiger partial charge in [-0.2, -0.15) is 0 Å². The number of thiophene rings is 1. The quantitative estimate of drug-likeness (QED) is 0.589. The normalized spacial score (nSPS) is 12.2. The first-order valence-corrected chi connectivity index (χ1v) is 8.04. The molecule has 1 atom stereocenters. The standard InChI is InChI=1S/C14H24N2OS2/c1-4-17-9-6-8-15-14(18)16(3)12(2)11-13-7-5-10-19-13/h5,7,10,12H,4,6,8-9,11H2,1-3H3,(H,15,18). The topological polar surface area (TPSA) is 24.5 Å². The fourth-order valence-corrected chi connectivity index (χ4v) is 2.80. The Hall–Kier alpha value is -0.650. The first-order valence-electron chi connectivity index (χ1n) is 6.76. The van der Waals surface area contributed by atoms with Gasteiger partial charge in [-0.05, 0) is 43.9 Å². The number of rotatable bonds is 8. The van der Waals surface area contributed by atoms with E-state index in [1.165, 1.54) is 4.88 Å². The van der Waals surface area contributed by atoms with Crippen LogP contribution in [0.5, 0.6) is 0 Å². The van der Waals surface area contributed by atoms with Gasteiger partial charge in [0, 0.05) is 44.1 Å². The SMILES string of the molecule is CCOCCCNC(=S)N(C)C(C)Cc1cccs1. The van der Waals surface area contributed by atoms with Gasteiger partial charge >= 0.3 is 0 Å². The van der Waals surface area contributed by atoms with Crippen LogP contribution < -0.4 is 5.32 Å². The molecule has 19 heavy (non-hydrogen) atoms. The lowest BCUT2D eigenvalue weighted by Gasteiger charge is -2.27. The lowest BCUT2D eigenvalue weighted by Crippen LogP contribution is -2.43. The molecule has 108 valence electrons. The molecule has 0 aromatic carbocycles. The van der Waals surface area contributed by atoms with E-state index < -0.39 is 0 Å². The lowest BCUT2D eigenvalue weighted by molar-refractivity contribution is 0.145. The smallest absolute Gasteiger partial charge is 0.168 e. The molecule has 1 aromatic heterocycles. The van der Waals surface area contributed by atoms with Gasteiger partial charge in [0.05, 0.1) is 0 Å². The molecule has 0 aliphatic carbocycles. The molecular formula is C14H24N2OS2. The highest BCUT2D eigenvalue weighted by atomic mass is 32.1. The first kappa shape index (κ1) is 16.4. The van der Waals surface area contributed by atoms with Crippen LogP contribution in [0.25, 0.3) is 0 Å². The van der Waals surface area contributed by atoms with Crippen molar-refractivity contribution in [2.75, 3.05) is 26.8 Å². The van der Waals surface area contributed by atoms with E-state index in [0.29, 0.717) is 6.04 Å². The van der Waals surface area contributed by atoms with E-state index in [4.69, 9.17) is 17.0 Å². The molecular weight excluding hydrogens is 276 g/mol. The Morgan fingerprint density at radius 1 is 1.58 bits per heavy atom. The molecule has 0 fully saturated rings. The molecule has 0 radical (unpaired) electrons. The highest BCUT2D eigenvalue weighted by Gasteiger charge is 2.13. The predicted molar refractivity (Wildman–Crippen MR) is 87.0 cm³/mol. The van der Waals surface area contributed by atoms with E-state index >= 15 is 0 Å². The molecule has 0 bridgehead atoms. The Morgan fingerprint density at radius 2 is 2.37 bits per heavy atom. The average molecular weight is 300 g/mol. The number of thiocarbonyl (C=S) groups is 1. The van der Waals surface area contributed by atoms with E-state index in [-0.39, 0.29) is 0 Å². The molecule has 1 aromatic rings. The molecule has 0 saturated heterocycles. The number of likely N-dealkylation sites (N-methyl/N-ethyl adjacent to an activating group) is 1. The molecule has 0 saturated carbocycles. The molecule has 3 nitrogen and oxygen atoms in total. The molecule has 0 aliphatic rings. The van der Waals surface area contributed by atoms with Crippen LogP contribution in [0.2, 0.25) is 0 Å². The Labute approximate surface area is 126 Å². The second kappa shape index (κ2) is 9.28. The third-order valence-corrected chi connectivity index (χ3v) is 4.34. The number of nitrogens with one attached hydrogen (secondary N) is 1. The van der Waals surface area contributed by atoms with Gasteiger partial charge in [0.2, 0.25) is 0 Å². The first-order chi connectivity index (χ1) is 9.15. The van der Waals surface area contributed by atoms with Gasteiger partial charge in [-0.1, -0.05) is 6.07 Å². The van der Waals surface area contributed by atoms with Crippen molar-refractivity contribution in [1.82, 2.24) is 10.2 Å². The minimum atomic E-state index is 0.408. The summed E-state index contributed by atoms with van der Waals surface area (Å²) in [4.78, 5) is 3.54. The maximum absolute atomic E-state index is 5.40. The molecule has 1 rings (SSSR count). The van der Waals surface area contributed by atoms with Crippen LogP contribution in [0, 0.1) is 0 Å². The summed E-state index contributed by atoms with van der Waals surface area (Å²) in [6.07, 6.45) is 2.02. The zero-order valence-corrected chi connectivity index (χ0v) is 13.6. The van der Waals surface area contributed by atoms with E-state index in [1.807, 2.05) is 6.92 Å². The van der Waals surface area contributed by atoms with Crippen molar-refractivity contribution in [2.24, 2.45) is 0 Å². The number of hydrogen-bond acceptors (Lipinski definition) is 3. The average Bonchev–Trinajstić information content (AvgIpc) is 2.90. The zero-order chi connectivity index (χ0) is 14.1.